The lowest BCUT2D eigenvalue weighted by Crippen LogP contribution is -3.10. The lowest BCUT2D eigenvalue weighted by Gasteiger charge is -2.17. The molecule has 4 aromatic rings. The summed E-state index contributed by atoms with van der Waals surface area (Å²) < 4.78 is 7.41. The minimum atomic E-state index is -0.378. The number of carbonyl (C=O) groups is 1. The second-order valence-corrected chi connectivity index (χ2v) is 8.75. The molecule has 0 aliphatic rings. The summed E-state index contributed by atoms with van der Waals surface area (Å²) in [5, 5.41) is 15.0. The zero-order valence-corrected chi connectivity index (χ0v) is 21.7. The molecule has 2 aromatic carbocycles. The summed E-state index contributed by atoms with van der Waals surface area (Å²) >= 11 is 1.63. The van der Waals surface area contributed by atoms with E-state index in [2.05, 4.69) is 36.3 Å². The molecule has 0 atom stereocenters. The molecule has 0 unspecified atom stereocenters. The van der Waals surface area contributed by atoms with Crippen LogP contribution in [0, 0.1) is 0 Å². The van der Waals surface area contributed by atoms with Gasteiger partial charge in [-0.3, -0.25) is 0 Å². The number of esters is 1. The smallest absolute Gasteiger partial charge is 0.346 e. The van der Waals surface area contributed by atoms with E-state index < -0.39 is 0 Å². The highest BCUT2D eigenvalue weighted by molar-refractivity contribution is 7.26. The molecule has 0 fully saturated rings. The molecule has 0 saturated carbocycles. The molecule has 2 heterocycles. The minimum absolute atomic E-state index is 0. The summed E-state index contributed by atoms with van der Waals surface area (Å²) in [5.41, 5.74) is 3.84. The van der Waals surface area contributed by atoms with Crippen LogP contribution in [-0.4, -0.2) is 30.8 Å². The Morgan fingerprint density at radius 2 is 1.85 bits per heavy atom. The summed E-state index contributed by atoms with van der Waals surface area (Å²) in [7, 11) is 0. The highest BCUT2D eigenvalue weighted by atomic mass is 35.5. The largest absolute Gasteiger partial charge is 1.00 e. The van der Waals surface area contributed by atoms with Gasteiger partial charge < -0.3 is 44.9 Å². The van der Waals surface area contributed by atoms with E-state index in [0.29, 0.717) is 17.9 Å². The number of phenolic OH excluding ortho intramolecular Hbond substituents is 1. The molecule has 4 rings (SSSR count). The molecule has 0 radical (unpaired) electrons. The van der Waals surface area contributed by atoms with Gasteiger partial charge in [0.25, 0.3) is 0 Å². The molecule has 9 heteroatoms. The van der Waals surface area contributed by atoms with Crippen LogP contribution in [0.15, 0.2) is 48.7 Å². The van der Waals surface area contributed by atoms with E-state index in [-0.39, 0.29) is 36.5 Å². The zero-order chi connectivity index (χ0) is 22.7. The number of ether oxygens (including phenoxy) is 1. The lowest BCUT2D eigenvalue weighted by atomic mass is 10.1. The fourth-order valence-electron chi connectivity index (χ4n) is 3.92. The SMILES string of the molecule is CCOC(=O)c1c[nH+]c2c(sc3ccccc32)c1Nc1ccc(O)c(C[NH+](CC)CC)c1.[Cl-].[Cl-]. The zero-order valence-electron chi connectivity index (χ0n) is 19.4. The summed E-state index contributed by atoms with van der Waals surface area (Å²) in [5.74, 6) is -0.0915. The van der Waals surface area contributed by atoms with Crippen LogP contribution >= 0.6 is 11.3 Å². The summed E-state index contributed by atoms with van der Waals surface area (Å²) in [6, 6.07) is 13.7. The molecular weight excluding hydrogens is 493 g/mol. The van der Waals surface area contributed by atoms with E-state index >= 15 is 0 Å². The molecule has 182 valence electrons. The van der Waals surface area contributed by atoms with Crippen molar-refractivity contribution in [3.63, 3.8) is 0 Å². The van der Waals surface area contributed by atoms with Gasteiger partial charge in [0.15, 0.2) is 6.20 Å². The van der Waals surface area contributed by atoms with Crippen LogP contribution in [0.2, 0.25) is 0 Å². The van der Waals surface area contributed by atoms with Crippen LogP contribution in [0.3, 0.4) is 0 Å². The Hall–Kier alpha value is -2.58. The van der Waals surface area contributed by atoms with Gasteiger partial charge in [0.05, 0.1) is 30.8 Å². The lowest BCUT2D eigenvalue weighted by molar-refractivity contribution is -0.910. The van der Waals surface area contributed by atoms with Gasteiger partial charge in [-0.2, -0.15) is 0 Å². The van der Waals surface area contributed by atoms with Crippen LogP contribution < -0.4 is 40.0 Å². The average molecular weight is 522 g/mol. The van der Waals surface area contributed by atoms with Gasteiger partial charge in [0.2, 0.25) is 5.52 Å². The monoisotopic (exact) mass is 521 g/mol. The number of hydrogen-bond acceptors (Lipinski definition) is 5. The van der Waals surface area contributed by atoms with E-state index in [9.17, 15) is 9.90 Å². The number of nitrogens with one attached hydrogen (secondary N) is 3. The number of H-pyrrole nitrogens is 1. The standard InChI is InChI=1S/C25H27N3O3S.2ClH/c1-4-28(5-2)15-16-13-17(11-12-20(16)29)27-23-19(25(30)31-6-3)14-26-22-18-9-7-8-10-21(18)32-24(22)23;;/h7-14,29H,4-6,15H2,1-3H3,(H,26,27);2*1H. The highest BCUT2D eigenvalue weighted by Crippen LogP contribution is 2.39. The number of rotatable bonds is 8. The summed E-state index contributed by atoms with van der Waals surface area (Å²) in [6.07, 6.45) is 1.71. The molecule has 0 bridgehead atoms. The Morgan fingerprint density at radius 3 is 2.56 bits per heavy atom. The Kier molecular flexibility index (Phi) is 9.94. The molecule has 0 saturated heterocycles. The van der Waals surface area contributed by atoms with Crippen LogP contribution in [0.1, 0.15) is 36.7 Å². The van der Waals surface area contributed by atoms with Crippen molar-refractivity contribution in [2.24, 2.45) is 0 Å². The van der Waals surface area contributed by atoms with Gasteiger partial charge in [0, 0.05) is 16.0 Å². The number of aromatic nitrogens is 1. The number of fused-ring (bicyclic) bond motifs is 3. The predicted octanol–water partition coefficient (Wildman–Crippen LogP) is -2.07. The quantitative estimate of drug-likeness (QED) is 0.184. The number of aromatic amines is 1. The van der Waals surface area contributed by atoms with Gasteiger partial charge in [-0.1, -0.05) is 12.1 Å². The number of thiophene rings is 1. The number of carbonyl (C=O) groups excluding carboxylic acids is 1. The average Bonchev–Trinajstić information content (AvgIpc) is 3.19. The van der Waals surface area contributed by atoms with Crippen molar-refractivity contribution < 1.29 is 49.3 Å². The van der Waals surface area contributed by atoms with Gasteiger partial charge in [0.1, 0.15) is 22.6 Å². The maximum atomic E-state index is 12.7. The fourth-order valence-corrected chi connectivity index (χ4v) is 5.10. The third kappa shape index (κ3) is 5.55. The first kappa shape index (κ1) is 27.7. The van der Waals surface area contributed by atoms with Gasteiger partial charge in [-0.25, -0.2) is 9.78 Å². The van der Waals surface area contributed by atoms with Gasteiger partial charge in [-0.05, 0) is 51.1 Å². The number of anilines is 2. The number of hydrogen-bond donors (Lipinski definition) is 3. The Bertz CT molecular complexity index is 1280. The number of benzene rings is 2. The van der Waals surface area contributed by atoms with E-state index in [1.54, 1.807) is 30.5 Å². The molecule has 0 amide bonds. The van der Waals surface area contributed by atoms with Crippen LogP contribution in [0.25, 0.3) is 20.3 Å². The first-order valence-corrected chi connectivity index (χ1v) is 11.8. The van der Waals surface area contributed by atoms with Crippen molar-refractivity contribution in [3.8, 4) is 5.75 Å². The number of phenols is 1. The highest BCUT2D eigenvalue weighted by Gasteiger charge is 2.24. The first-order valence-electron chi connectivity index (χ1n) is 11.0. The number of aromatic hydroxyl groups is 1. The Labute approximate surface area is 215 Å². The molecule has 2 aromatic heterocycles. The van der Waals surface area contributed by atoms with Crippen molar-refractivity contribution in [3.05, 3.63) is 59.8 Å². The topological polar surface area (TPSA) is 77.1 Å². The number of quaternary nitrogens is 1. The van der Waals surface area contributed by atoms with Crippen LogP contribution in [0.5, 0.6) is 5.75 Å². The van der Waals surface area contributed by atoms with Crippen LogP contribution in [0.4, 0.5) is 11.4 Å². The van der Waals surface area contributed by atoms with E-state index in [4.69, 9.17) is 4.74 Å². The molecular formula is C25H29Cl2N3O3S. The van der Waals surface area contributed by atoms with Crippen molar-refractivity contribution in [2.75, 3.05) is 25.0 Å². The van der Waals surface area contributed by atoms with Gasteiger partial charge >= 0.3 is 5.97 Å². The fraction of sp³-hybridized carbons (Fsp3) is 0.280. The maximum absolute atomic E-state index is 12.7. The molecule has 34 heavy (non-hydrogen) atoms. The molecule has 6 nitrogen and oxygen atoms in total. The number of halogens is 2. The minimum Gasteiger partial charge on any atom is -1.00 e. The van der Waals surface area contributed by atoms with Crippen molar-refractivity contribution >= 4 is 49.0 Å². The van der Waals surface area contributed by atoms with E-state index in [1.807, 2.05) is 24.3 Å². The van der Waals surface area contributed by atoms with Crippen molar-refractivity contribution in [2.45, 2.75) is 27.3 Å². The second-order valence-electron chi connectivity index (χ2n) is 7.70. The second kappa shape index (κ2) is 12.2. The molecule has 0 aliphatic carbocycles. The van der Waals surface area contributed by atoms with Gasteiger partial charge in [-0.15, -0.1) is 11.3 Å². The third-order valence-electron chi connectivity index (χ3n) is 5.74. The van der Waals surface area contributed by atoms with Crippen molar-refractivity contribution in [1.29, 1.82) is 0 Å². The third-order valence-corrected chi connectivity index (χ3v) is 6.93. The predicted molar refractivity (Wildman–Crippen MR) is 129 cm³/mol. The number of pyridine rings is 1. The summed E-state index contributed by atoms with van der Waals surface area (Å²) in [6.45, 7) is 9.09. The van der Waals surface area contributed by atoms with E-state index in [0.717, 1.165) is 51.2 Å². The summed E-state index contributed by atoms with van der Waals surface area (Å²) in [4.78, 5) is 17.4. The molecule has 0 spiro atoms. The molecule has 0 aliphatic heterocycles. The Morgan fingerprint density at radius 1 is 1.12 bits per heavy atom. The van der Waals surface area contributed by atoms with Crippen molar-refractivity contribution in [1.82, 2.24) is 0 Å². The Balaban J connectivity index is 0.00000204. The van der Waals surface area contributed by atoms with Crippen LogP contribution in [-0.2, 0) is 11.3 Å². The first-order chi connectivity index (χ1) is 15.5. The maximum Gasteiger partial charge on any atom is 0.346 e. The normalized spacial score (nSPS) is 10.7. The van der Waals surface area contributed by atoms with E-state index in [1.165, 1.54) is 4.90 Å². The molecule has 4 N–H and O–H groups in total.